The number of nitrogens with zero attached hydrogens (tertiary/aromatic N) is 3. The molecule has 2 aliphatic rings. The Bertz CT molecular complexity index is 971. The molecule has 1 N–H and O–H groups in total. The number of nitrogens with one attached hydrogen (secondary N) is 1. The third kappa shape index (κ3) is 3.37. The molecule has 2 aliphatic heterocycles. The first-order chi connectivity index (χ1) is 13.0. The number of carbonyl (C=O) groups is 1. The van der Waals surface area contributed by atoms with Crippen molar-refractivity contribution in [2.24, 2.45) is 7.05 Å². The first-order valence-corrected chi connectivity index (χ1v) is 10.2. The van der Waals surface area contributed by atoms with Gasteiger partial charge in [-0.05, 0) is 25.0 Å². The SMILES string of the molecule is Cn1nccc1N1CCC[C@@H](NS(=O)(=O)c2ccc3c(c2)OCCO3)C1=O. The van der Waals surface area contributed by atoms with E-state index in [2.05, 4.69) is 9.82 Å². The van der Waals surface area contributed by atoms with E-state index in [1.54, 1.807) is 35.0 Å². The monoisotopic (exact) mass is 392 g/mol. The van der Waals surface area contributed by atoms with Gasteiger partial charge >= 0.3 is 0 Å². The summed E-state index contributed by atoms with van der Waals surface area (Å²) >= 11 is 0. The van der Waals surface area contributed by atoms with Crippen molar-refractivity contribution in [2.75, 3.05) is 24.7 Å². The Kier molecular flexibility index (Phi) is 4.52. The lowest BCUT2D eigenvalue weighted by Gasteiger charge is -2.32. The maximum atomic E-state index is 12.8. The lowest BCUT2D eigenvalue weighted by molar-refractivity contribution is -0.121. The fraction of sp³-hybridized carbons (Fsp3) is 0.412. The average Bonchev–Trinajstić information content (AvgIpc) is 3.08. The van der Waals surface area contributed by atoms with E-state index >= 15 is 0 Å². The molecular formula is C17H20N4O5S. The minimum absolute atomic E-state index is 0.0391. The molecular weight excluding hydrogens is 372 g/mol. The number of piperidine rings is 1. The van der Waals surface area contributed by atoms with Crippen LogP contribution in [0.4, 0.5) is 5.82 Å². The van der Waals surface area contributed by atoms with Gasteiger partial charge in [0.15, 0.2) is 11.5 Å². The summed E-state index contributed by atoms with van der Waals surface area (Å²) < 4.78 is 40.6. The van der Waals surface area contributed by atoms with E-state index in [0.717, 1.165) is 0 Å². The van der Waals surface area contributed by atoms with E-state index in [-0.39, 0.29) is 10.8 Å². The van der Waals surface area contributed by atoms with Crippen LogP contribution in [0.2, 0.25) is 0 Å². The van der Waals surface area contributed by atoms with Crippen molar-refractivity contribution in [3.63, 3.8) is 0 Å². The number of fused-ring (bicyclic) bond motifs is 1. The highest BCUT2D eigenvalue weighted by Crippen LogP contribution is 2.32. The maximum absolute atomic E-state index is 12.8. The summed E-state index contributed by atoms with van der Waals surface area (Å²) in [7, 11) is -2.14. The summed E-state index contributed by atoms with van der Waals surface area (Å²) in [5, 5.41) is 4.07. The van der Waals surface area contributed by atoms with Gasteiger partial charge in [-0.2, -0.15) is 9.82 Å². The molecule has 0 radical (unpaired) electrons. The van der Waals surface area contributed by atoms with E-state index in [1.165, 1.54) is 12.1 Å². The fourth-order valence-electron chi connectivity index (χ4n) is 3.29. The molecule has 1 saturated heterocycles. The van der Waals surface area contributed by atoms with E-state index in [1.807, 2.05) is 0 Å². The summed E-state index contributed by atoms with van der Waals surface area (Å²) in [6, 6.07) is 5.33. The first-order valence-electron chi connectivity index (χ1n) is 8.67. The van der Waals surface area contributed by atoms with Crippen molar-refractivity contribution >= 4 is 21.7 Å². The minimum atomic E-state index is -3.88. The second-order valence-electron chi connectivity index (χ2n) is 6.42. The number of hydrogen-bond acceptors (Lipinski definition) is 6. The molecule has 9 nitrogen and oxygen atoms in total. The van der Waals surface area contributed by atoms with Gasteiger partial charge in [-0.1, -0.05) is 0 Å². The molecule has 144 valence electrons. The number of aromatic nitrogens is 2. The van der Waals surface area contributed by atoms with Crippen molar-refractivity contribution in [1.29, 1.82) is 0 Å². The Morgan fingerprint density at radius 1 is 1.19 bits per heavy atom. The van der Waals surface area contributed by atoms with E-state index in [0.29, 0.717) is 49.9 Å². The summed E-state index contributed by atoms with van der Waals surface area (Å²) in [4.78, 5) is 14.4. The van der Waals surface area contributed by atoms with Crippen LogP contribution < -0.4 is 19.1 Å². The van der Waals surface area contributed by atoms with Crippen LogP contribution in [0.15, 0.2) is 35.4 Å². The van der Waals surface area contributed by atoms with Gasteiger partial charge in [0.05, 0.1) is 11.1 Å². The number of hydrogen-bond donors (Lipinski definition) is 1. The predicted molar refractivity (Wildman–Crippen MR) is 96.3 cm³/mol. The Balaban J connectivity index is 1.55. The lowest BCUT2D eigenvalue weighted by Crippen LogP contribution is -2.52. The summed E-state index contributed by atoms with van der Waals surface area (Å²) in [5.74, 6) is 1.25. The lowest BCUT2D eigenvalue weighted by atomic mass is 10.1. The summed E-state index contributed by atoms with van der Waals surface area (Å²) in [6.45, 7) is 1.32. The average molecular weight is 392 g/mol. The number of sulfonamides is 1. The van der Waals surface area contributed by atoms with Gasteiger partial charge in [-0.3, -0.25) is 14.4 Å². The number of aryl methyl sites for hydroxylation is 1. The number of benzene rings is 1. The highest BCUT2D eigenvalue weighted by Gasteiger charge is 2.34. The number of amides is 1. The molecule has 1 amide bonds. The molecule has 1 fully saturated rings. The van der Waals surface area contributed by atoms with Crippen LogP contribution in [0, 0.1) is 0 Å². The summed E-state index contributed by atoms with van der Waals surface area (Å²) in [6.07, 6.45) is 2.73. The third-order valence-electron chi connectivity index (χ3n) is 4.63. The fourth-order valence-corrected chi connectivity index (χ4v) is 4.53. The second-order valence-corrected chi connectivity index (χ2v) is 8.14. The van der Waals surface area contributed by atoms with E-state index in [9.17, 15) is 13.2 Å². The molecule has 0 unspecified atom stereocenters. The molecule has 27 heavy (non-hydrogen) atoms. The predicted octanol–water partition coefficient (Wildman–Crippen LogP) is 0.665. The molecule has 1 aromatic heterocycles. The quantitative estimate of drug-likeness (QED) is 0.820. The van der Waals surface area contributed by atoms with Crippen LogP contribution in [0.3, 0.4) is 0 Å². The number of carbonyl (C=O) groups excluding carboxylic acids is 1. The second kappa shape index (κ2) is 6.86. The molecule has 0 spiro atoms. The van der Waals surface area contributed by atoms with E-state index in [4.69, 9.17) is 9.47 Å². The molecule has 1 atom stereocenters. The van der Waals surface area contributed by atoms with Gasteiger partial charge in [0.2, 0.25) is 15.9 Å². The molecule has 3 heterocycles. The van der Waals surface area contributed by atoms with E-state index < -0.39 is 16.1 Å². The number of ether oxygens (including phenoxy) is 2. The maximum Gasteiger partial charge on any atom is 0.246 e. The molecule has 0 saturated carbocycles. The van der Waals surface area contributed by atoms with Crippen molar-refractivity contribution < 1.29 is 22.7 Å². The van der Waals surface area contributed by atoms with Crippen LogP contribution >= 0.6 is 0 Å². The molecule has 4 rings (SSSR count). The van der Waals surface area contributed by atoms with Crippen molar-refractivity contribution in [3.8, 4) is 11.5 Å². The Morgan fingerprint density at radius 3 is 2.70 bits per heavy atom. The Morgan fingerprint density at radius 2 is 1.96 bits per heavy atom. The van der Waals surface area contributed by atoms with Crippen molar-refractivity contribution in [3.05, 3.63) is 30.5 Å². The molecule has 2 aromatic rings. The first kappa shape index (κ1) is 17.8. The molecule has 10 heteroatoms. The molecule has 1 aromatic carbocycles. The zero-order valence-corrected chi connectivity index (χ0v) is 15.6. The number of anilines is 1. The van der Waals surface area contributed by atoms with Crippen LogP contribution in [-0.2, 0) is 21.9 Å². The summed E-state index contributed by atoms with van der Waals surface area (Å²) in [5.41, 5.74) is 0. The smallest absolute Gasteiger partial charge is 0.246 e. The van der Waals surface area contributed by atoms with Gasteiger partial charge in [-0.25, -0.2) is 8.42 Å². The molecule has 0 aliphatic carbocycles. The van der Waals surface area contributed by atoms with Crippen LogP contribution in [0.1, 0.15) is 12.8 Å². The zero-order chi connectivity index (χ0) is 19.0. The van der Waals surface area contributed by atoms with Gasteiger partial charge in [0.1, 0.15) is 25.1 Å². The Hall–Kier alpha value is -2.59. The largest absolute Gasteiger partial charge is 0.486 e. The Labute approximate surface area is 156 Å². The van der Waals surface area contributed by atoms with Gasteiger partial charge in [0.25, 0.3) is 0 Å². The van der Waals surface area contributed by atoms with Crippen LogP contribution in [0.25, 0.3) is 0 Å². The van der Waals surface area contributed by atoms with Crippen LogP contribution in [-0.4, -0.2) is 49.9 Å². The highest BCUT2D eigenvalue weighted by atomic mass is 32.2. The van der Waals surface area contributed by atoms with Gasteiger partial charge in [-0.15, -0.1) is 0 Å². The highest BCUT2D eigenvalue weighted by molar-refractivity contribution is 7.89. The topological polar surface area (TPSA) is 103 Å². The molecule has 0 bridgehead atoms. The van der Waals surface area contributed by atoms with Crippen LogP contribution in [0.5, 0.6) is 11.5 Å². The van der Waals surface area contributed by atoms with Gasteiger partial charge in [0, 0.05) is 25.7 Å². The normalized spacial score (nSPS) is 20.0. The standard InChI is InChI=1S/C17H20N4O5S/c1-20-16(6-7-18-20)21-8-2-3-13(17(21)22)19-27(23,24)12-4-5-14-15(11-12)26-10-9-25-14/h4-7,11,13,19H,2-3,8-10H2,1H3/t13-/m1/s1. The number of rotatable bonds is 4. The van der Waals surface area contributed by atoms with Gasteiger partial charge < -0.3 is 9.47 Å². The third-order valence-corrected chi connectivity index (χ3v) is 6.10. The van der Waals surface area contributed by atoms with Crippen molar-refractivity contribution in [1.82, 2.24) is 14.5 Å². The minimum Gasteiger partial charge on any atom is -0.486 e. The van der Waals surface area contributed by atoms with Crippen molar-refractivity contribution in [2.45, 2.75) is 23.8 Å². The zero-order valence-electron chi connectivity index (χ0n) is 14.8.